The van der Waals surface area contributed by atoms with Gasteiger partial charge in [0.15, 0.2) is 11.0 Å². The third-order valence-corrected chi connectivity index (χ3v) is 5.63. The first-order valence-electron chi connectivity index (χ1n) is 9.58. The van der Waals surface area contributed by atoms with Gasteiger partial charge in [-0.25, -0.2) is 0 Å². The fourth-order valence-electron chi connectivity index (χ4n) is 2.89. The van der Waals surface area contributed by atoms with Gasteiger partial charge in [-0.2, -0.15) is 0 Å². The summed E-state index contributed by atoms with van der Waals surface area (Å²) in [5, 5.41) is 20.2. The molecule has 0 unspecified atom stereocenters. The molecule has 8 nitrogen and oxygen atoms in total. The number of rotatable bonds is 9. The molecular weight excluding hydrogens is 416 g/mol. The lowest BCUT2D eigenvalue weighted by atomic mass is 10.2. The van der Waals surface area contributed by atoms with E-state index in [4.69, 9.17) is 9.15 Å². The lowest BCUT2D eigenvalue weighted by molar-refractivity contribution is -0.384. The molecule has 31 heavy (non-hydrogen) atoms. The fourth-order valence-corrected chi connectivity index (χ4v) is 3.81. The van der Waals surface area contributed by atoms with Crippen molar-refractivity contribution in [3.63, 3.8) is 0 Å². The van der Waals surface area contributed by atoms with Gasteiger partial charge in [-0.05, 0) is 36.8 Å². The van der Waals surface area contributed by atoms with Gasteiger partial charge in [0.2, 0.25) is 0 Å². The average molecular weight is 436 g/mol. The van der Waals surface area contributed by atoms with Crippen molar-refractivity contribution in [2.45, 2.75) is 31.0 Å². The van der Waals surface area contributed by atoms with Crippen molar-refractivity contribution in [2.75, 3.05) is 0 Å². The van der Waals surface area contributed by atoms with Gasteiger partial charge in [-0.1, -0.05) is 41.6 Å². The monoisotopic (exact) mass is 436 g/mol. The molecule has 0 N–H and O–H groups in total. The summed E-state index contributed by atoms with van der Waals surface area (Å²) in [5.41, 5.74) is 2.20. The maximum atomic E-state index is 10.8. The van der Waals surface area contributed by atoms with Gasteiger partial charge in [-0.15, -0.1) is 10.2 Å². The molecule has 0 atom stereocenters. The molecule has 0 radical (unpaired) electrons. The number of benzene rings is 2. The Labute approximate surface area is 183 Å². The first kappa shape index (κ1) is 20.7. The molecule has 9 heteroatoms. The minimum Gasteiger partial charge on any atom is -0.486 e. The predicted molar refractivity (Wildman–Crippen MR) is 116 cm³/mol. The number of hydrogen-bond donors (Lipinski definition) is 0. The van der Waals surface area contributed by atoms with Gasteiger partial charge in [0.1, 0.15) is 18.1 Å². The third-order valence-electron chi connectivity index (χ3n) is 4.59. The lowest BCUT2D eigenvalue weighted by Crippen LogP contribution is -2.09. The van der Waals surface area contributed by atoms with Crippen molar-refractivity contribution in [1.29, 1.82) is 0 Å². The van der Waals surface area contributed by atoms with Crippen LogP contribution in [0.3, 0.4) is 0 Å². The fraction of sp³-hybridized carbons (Fsp3) is 0.182. The van der Waals surface area contributed by atoms with Crippen LogP contribution in [0, 0.1) is 17.0 Å². The zero-order valence-electron chi connectivity index (χ0n) is 16.8. The van der Waals surface area contributed by atoms with E-state index in [1.54, 1.807) is 18.4 Å². The second kappa shape index (κ2) is 9.48. The number of nitro groups is 1. The Bertz CT molecular complexity index is 1140. The number of aromatic nitrogens is 3. The van der Waals surface area contributed by atoms with E-state index in [2.05, 4.69) is 10.2 Å². The highest BCUT2D eigenvalue weighted by Gasteiger charge is 2.15. The van der Waals surface area contributed by atoms with Gasteiger partial charge in [0.05, 0.1) is 17.7 Å². The highest BCUT2D eigenvalue weighted by Crippen LogP contribution is 2.25. The molecule has 0 aliphatic heterocycles. The summed E-state index contributed by atoms with van der Waals surface area (Å²) in [6.07, 6.45) is 1.63. The Morgan fingerprint density at radius 1 is 1.10 bits per heavy atom. The van der Waals surface area contributed by atoms with Gasteiger partial charge < -0.3 is 9.15 Å². The molecule has 0 aliphatic carbocycles. The smallest absolute Gasteiger partial charge is 0.269 e. The van der Waals surface area contributed by atoms with Crippen molar-refractivity contribution in [2.24, 2.45) is 0 Å². The van der Waals surface area contributed by atoms with E-state index in [1.807, 2.05) is 47.9 Å². The quantitative estimate of drug-likeness (QED) is 0.207. The van der Waals surface area contributed by atoms with Crippen molar-refractivity contribution in [3.8, 4) is 5.75 Å². The van der Waals surface area contributed by atoms with Crippen molar-refractivity contribution < 1.29 is 14.1 Å². The maximum Gasteiger partial charge on any atom is 0.269 e. The van der Waals surface area contributed by atoms with E-state index in [0.717, 1.165) is 22.2 Å². The normalized spacial score (nSPS) is 10.9. The van der Waals surface area contributed by atoms with Crippen LogP contribution in [0.25, 0.3) is 0 Å². The first-order valence-corrected chi connectivity index (χ1v) is 10.6. The first-order chi connectivity index (χ1) is 15.1. The maximum absolute atomic E-state index is 10.8. The molecule has 2 aromatic heterocycles. The Kier molecular flexibility index (Phi) is 6.32. The van der Waals surface area contributed by atoms with Crippen molar-refractivity contribution in [3.05, 3.63) is 99.8 Å². The van der Waals surface area contributed by atoms with Crippen LogP contribution in [-0.2, 0) is 18.9 Å². The number of thioether (sulfide) groups is 1. The largest absolute Gasteiger partial charge is 0.486 e. The summed E-state index contributed by atoms with van der Waals surface area (Å²) in [7, 11) is 0. The number of nitro benzene ring substituents is 1. The summed E-state index contributed by atoms with van der Waals surface area (Å²) in [5.74, 6) is 2.84. The SMILES string of the molecule is Cc1ccc(OCc2nnc(SCc3ccc([N+](=O)[O-])cc3)n2Cc2ccco2)cc1. The second-order valence-electron chi connectivity index (χ2n) is 6.88. The van der Waals surface area contributed by atoms with E-state index in [-0.39, 0.29) is 12.3 Å². The summed E-state index contributed by atoms with van der Waals surface area (Å²) >= 11 is 1.50. The number of non-ortho nitro benzene ring substituents is 1. The van der Waals surface area contributed by atoms with Gasteiger partial charge >= 0.3 is 0 Å². The minimum absolute atomic E-state index is 0.0743. The van der Waals surface area contributed by atoms with E-state index in [1.165, 1.54) is 29.5 Å². The third kappa shape index (κ3) is 5.32. The number of aryl methyl sites for hydroxylation is 1. The van der Waals surface area contributed by atoms with Crippen LogP contribution >= 0.6 is 11.8 Å². The summed E-state index contributed by atoms with van der Waals surface area (Å²) in [6.45, 7) is 2.78. The molecule has 0 fully saturated rings. The van der Waals surface area contributed by atoms with Crippen LogP contribution in [0.2, 0.25) is 0 Å². The molecular formula is C22H20N4O4S. The highest BCUT2D eigenvalue weighted by molar-refractivity contribution is 7.98. The number of furan rings is 1. The van der Waals surface area contributed by atoms with E-state index >= 15 is 0 Å². The summed E-state index contributed by atoms with van der Waals surface area (Å²) in [6, 6.07) is 18.1. The van der Waals surface area contributed by atoms with E-state index in [9.17, 15) is 10.1 Å². The standard InChI is InChI=1S/C22H20N4O4S/c1-16-4-10-19(11-5-16)30-14-21-23-24-22(25(21)13-20-3-2-12-29-20)31-15-17-6-8-18(9-7-17)26(27)28/h2-12H,13-15H2,1H3. The van der Waals surface area contributed by atoms with Gasteiger partial charge in [-0.3, -0.25) is 14.7 Å². The highest BCUT2D eigenvalue weighted by atomic mass is 32.2. The molecule has 0 aliphatic rings. The Morgan fingerprint density at radius 2 is 1.87 bits per heavy atom. The molecule has 2 heterocycles. The molecule has 0 spiro atoms. The number of ether oxygens (including phenoxy) is 1. The minimum atomic E-state index is -0.406. The molecule has 4 rings (SSSR count). The van der Waals surface area contributed by atoms with Crippen molar-refractivity contribution >= 4 is 17.4 Å². The Morgan fingerprint density at radius 3 is 2.55 bits per heavy atom. The molecule has 0 saturated heterocycles. The second-order valence-corrected chi connectivity index (χ2v) is 7.82. The van der Waals surface area contributed by atoms with E-state index < -0.39 is 4.92 Å². The van der Waals surface area contributed by atoms with Crippen LogP contribution in [0.4, 0.5) is 5.69 Å². The van der Waals surface area contributed by atoms with E-state index in [0.29, 0.717) is 18.1 Å². The van der Waals surface area contributed by atoms with Crippen LogP contribution in [0.5, 0.6) is 5.75 Å². The van der Waals surface area contributed by atoms with Gasteiger partial charge in [0.25, 0.3) is 5.69 Å². The van der Waals surface area contributed by atoms with Crippen LogP contribution in [0.1, 0.15) is 22.7 Å². The van der Waals surface area contributed by atoms with Crippen LogP contribution in [0.15, 0.2) is 76.5 Å². The van der Waals surface area contributed by atoms with Crippen molar-refractivity contribution in [1.82, 2.24) is 14.8 Å². The molecule has 2 aromatic carbocycles. The summed E-state index contributed by atoms with van der Waals surface area (Å²) in [4.78, 5) is 10.4. The molecule has 0 bridgehead atoms. The Balaban J connectivity index is 1.49. The zero-order chi connectivity index (χ0) is 21.6. The zero-order valence-corrected chi connectivity index (χ0v) is 17.6. The predicted octanol–water partition coefficient (Wildman–Crippen LogP) is 5.01. The molecule has 0 amide bonds. The Hall–Kier alpha value is -3.59. The molecule has 158 valence electrons. The van der Waals surface area contributed by atoms with Crippen LogP contribution < -0.4 is 4.74 Å². The summed E-state index contributed by atoms with van der Waals surface area (Å²) < 4.78 is 13.4. The molecule has 4 aromatic rings. The lowest BCUT2D eigenvalue weighted by Gasteiger charge is -2.10. The molecule has 0 saturated carbocycles. The number of nitrogens with zero attached hydrogens (tertiary/aromatic N) is 4. The average Bonchev–Trinajstić information content (AvgIpc) is 3.43. The van der Waals surface area contributed by atoms with Crippen LogP contribution in [-0.4, -0.2) is 19.7 Å². The topological polar surface area (TPSA) is 96.2 Å². The van der Waals surface area contributed by atoms with Gasteiger partial charge in [0, 0.05) is 17.9 Å². The number of hydrogen-bond acceptors (Lipinski definition) is 7.